The van der Waals surface area contributed by atoms with E-state index >= 15 is 0 Å². The first-order valence-electron chi connectivity index (χ1n) is 4.27. The number of halogens is 2. The van der Waals surface area contributed by atoms with Gasteiger partial charge in [-0.2, -0.15) is 0 Å². The van der Waals surface area contributed by atoms with Crippen molar-refractivity contribution in [3.05, 3.63) is 34.9 Å². The summed E-state index contributed by atoms with van der Waals surface area (Å²) in [7, 11) is 0. The van der Waals surface area contributed by atoms with Crippen molar-refractivity contribution in [3.63, 3.8) is 0 Å². The average Bonchev–Trinajstić information content (AvgIpc) is 2.10. The second kappa shape index (κ2) is 3.83. The Morgan fingerprint density at radius 3 is 2.54 bits per heavy atom. The Balaban J connectivity index is 3.20. The van der Waals surface area contributed by atoms with E-state index in [-0.39, 0.29) is 6.04 Å². The van der Waals surface area contributed by atoms with Gasteiger partial charge in [-0.25, -0.2) is 8.78 Å². The third-order valence-corrected chi connectivity index (χ3v) is 2.19. The smallest absolute Gasteiger partial charge is 0.129 e. The van der Waals surface area contributed by atoms with Crippen molar-refractivity contribution in [1.29, 1.82) is 0 Å². The van der Waals surface area contributed by atoms with E-state index in [1.54, 1.807) is 6.92 Å². The van der Waals surface area contributed by atoms with Crippen LogP contribution in [0.3, 0.4) is 0 Å². The van der Waals surface area contributed by atoms with Gasteiger partial charge in [0.15, 0.2) is 0 Å². The molecular formula is C10H13F2N. The van der Waals surface area contributed by atoms with Crippen molar-refractivity contribution in [3.8, 4) is 0 Å². The van der Waals surface area contributed by atoms with E-state index in [4.69, 9.17) is 5.73 Å². The third-order valence-electron chi connectivity index (χ3n) is 2.19. The molecule has 0 saturated heterocycles. The Kier molecular flexibility index (Phi) is 2.98. The minimum Gasteiger partial charge on any atom is -0.324 e. The van der Waals surface area contributed by atoms with E-state index in [0.717, 1.165) is 6.07 Å². The van der Waals surface area contributed by atoms with Gasteiger partial charge in [-0.3, -0.25) is 0 Å². The van der Waals surface area contributed by atoms with Crippen LogP contribution in [0.4, 0.5) is 8.78 Å². The molecule has 1 rings (SSSR count). The second-order valence-corrected chi connectivity index (χ2v) is 3.12. The molecule has 72 valence electrons. The summed E-state index contributed by atoms with van der Waals surface area (Å²) in [6, 6.07) is 1.89. The van der Waals surface area contributed by atoms with E-state index in [0.29, 0.717) is 17.5 Å². The lowest BCUT2D eigenvalue weighted by atomic mass is 9.99. The van der Waals surface area contributed by atoms with Crippen LogP contribution in [0.25, 0.3) is 0 Å². The second-order valence-electron chi connectivity index (χ2n) is 3.12. The van der Waals surface area contributed by atoms with Crippen LogP contribution in [0.2, 0.25) is 0 Å². The molecule has 0 bridgehead atoms. The van der Waals surface area contributed by atoms with Crippen LogP contribution >= 0.6 is 0 Å². The van der Waals surface area contributed by atoms with Gasteiger partial charge in [-0.05, 0) is 30.5 Å². The van der Waals surface area contributed by atoms with Crippen molar-refractivity contribution in [2.75, 3.05) is 0 Å². The van der Waals surface area contributed by atoms with Crippen LogP contribution < -0.4 is 5.73 Å². The van der Waals surface area contributed by atoms with Gasteiger partial charge in [0.2, 0.25) is 0 Å². The lowest BCUT2D eigenvalue weighted by molar-refractivity contribution is 0.563. The highest BCUT2D eigenvalue weighted by molar-refractivity contribution is 5.30. The molecule has 1 nitrogen and oxygen atoms in total. The molecule has 0 saturated carbocycles. The number of hydrogen-bond acceptors (Lipinski definition) is 1. The normalized spacial score (nSPS) is 13.0. The molecule has 13 heavy (non-hydrogen) atoms. The summed E-state index contributed by atoms with van der Waals surface area (Å²) in [5, 5.41) is 0. The molecule has 0 radical (unpaired) electrons. The lowest BCUT2D eigenvalue weighted by Gasteiger charge is -2.12. The largest absolute Gasteiger partial charge is 0.324 e. The maximum Gasteiger partial charge on any atom is 0.129 e. The molecule has 1 atom stereocenters. The molecule has 1 aromatic carbocycles. The van der Waals surface area contributed by atoms with Crippen molar-refractivity contribution in [2.24, 2.45) is 5.73 Å². The molecule has 1 aromatic rings. The van der Waals surface area contributed by atoms with Crippen LogP contribution in [-0.2, 0) is 0 Å². The van der Waals surface area contributed by atoms with Crippen molar-refractivity contribution in [2.45, 2.75) is 26.3 Å². The molecule has 0 aliphatic rings. The van der Waals surface area contributed by atoms with Gasteiger partial charge in [-0.15, -0.1) is 0 Å². The van der Waals surface area contributed by atoms with Gasteiger partial charge in [0, 0.05) is 12.1 Å². The van der Waals surface area contributed by atoms with E-state index < -0.39 is 11.6 Å². The monoisotopic (exact) mass is 185 g/mol. The lowest BCUT2D eigenvalue weighted by Crippen LogP contribution is -2.11. The van der Waals surface area contributed by atoms with Crippen LogP contribution in [0.5, 0.6) is 0 Å². The van der Waals surface area contributed by atoms with Gasteiger partial charge >= 0.3 is 0 Å². The molecule has 0 spiro atoms. The molecular weight excluding hydrogens is 172 g/mol. The Labute approximate surface area is 76.6 Å². The van der Waals surface area contributed by atoms with E-state index in [9.17, 15) is 8.78 Å². The number of rotatable bonds is 2. The quantitative estimate of drug-likeness (QED) is 0.753. The topological polar surface area (TPSA) is 26.0 Å². The van der Waals surface area contributed by atoms with Crippen LogP contribution in [0, 0.1) is 18.6 Å². The zero-order valence-corrected chi connectivity index (χ0v) is 7.77. The predicted molar refractivity (Wildman–Crippen MR) is 48.3 cm³/mol. The molecule has 3 heteroatoms. The SMILES string of the molecule is CCC(N)c1cc(F)cc(F)c1C. The minimum absolute atomic E-state index is 0.287. The summed E-state index contributed by atoms with van der Waals surface area (Å²) >= 11 is 0. The first kappa shape index (κ1) is 10.1. The van der Waals surface area contributed by atoms with E-state index in [1.807, 2.05) is 6.92 Å². The fraction of sp³-hybridized carbons (Fsp3) is 0.400. The Morgan fingerprint density at radius 2 is 2.00 bits per heavy atom. The van der Waals surface area contributed by atoms with Gasteiger partial charge in [0.1, 0.15) is 11.6 Å². The molecule has 0 heterocycles. The highest BCUT2D eigenvalue weighted by Gasteiger charge is 2.11. The van der Waals surface area contributed by atoms with Crippen LogP contribution in [0.1, 0.15) is 30.5 Å². The third kappa shape index (κ3) is 2.04. The van der Waals surface area contributed by atoms with Crippen molar-refractivity contribution >= 4 is 0 Å². The Morgan fingerprint density at radius 1 is 1.38 bits per heavy atom. The Hall–Kier alpha value is -0.960. The van der Waals surface area contributed by atoms with E-state index in [2.05, 4.69) is 0 Å². The molecule has 0 aromatic heterocycles. The fourth-order valence-electron chi connectivity index (χ4n) is 1.27. The van der Waals surface area contributed by atoms with Gasteiger partial charge in [0.25, 0.3) is 0 Å². The molecule has 1 unspecified atom stereocenters. The average molecular weight is 185 g/mol. The summed E-state index contributed by atoms with van der Waals surface area (Å²) in [5.41, 5.74) is 6.70. The highest BCUT2D eigenvalue weighted by atomic mass is 19.1. The molecule has 0 aliphatic heterocycles. The van der Waals surface area contributed by atoms with E-state index in [1.165, 1.54) is 6.07 Å². The summed E-state index contributed by atoms with van der Waals surface area (Å²) in [4.78, 5) is 0. The summed E-state index contributed by atoms with van der Waals surface area (Å²) in [6.45, 7) is 3.49. The van der Waals surface area contributed by atoms with Crippen molar-refractivity contribution in [1.82, 2.24) is 0 Å². The van der Waals surface area contributed by atoms with Crippen molar-refractivity contribution < 1.29 is 8.78 Å². The number of nitrogens with two attached hydrogens (primary N) is 1. The standard InChI is InChI=1S/C10H13F2N/c1-3-10(13)8-4-7(11)5-9(12)6(8)2/h4-5,10H,3,13H2,1-2H3. The zero-order valence-electron chi connectivity index (χ0n) is 7.77. The predicted octanol–water partition coefficient (Wildman–Crippen LogP) is 2.68. The molecule has 2 N–H and O–H groups in total. The summed E-state index contributed by atoms with van der Waals surface area (Å²) in [5.74, 6) is -1.10. The minimum atomic E-state index is -0.568. The van der Waals surface area contributed by atoms with Gasteiger partial charge < -0.3 is 5.73 Å². The summed E-state index contributed by atoms with van der Waals surface area (Å²) < 4.78 is 25.9. The zero-order chi connectivity index (χ0) is 10.0. The first-order valence-corrected chi connectivity index (χ1v) is 4.27. The molecule has 0 aliphatic carbocycles. The number of benzene rings is 1. The Bertz CT molecular complexity index is 310. The fourth-order valence-corrected chi connectivity index (χ4v) is 1.27. The highest BCUT2D eigenvalue weighted by Crippen LogP contribution is 2.21. The van der Waals surface area contributed by atoms with Crippen LogP contribution in [0.15, 0.2) is 12.1 Å². The van der Waals surface area contributed by atoms with Gasteiger partial charge in [-0.1, -0.05) is 6.92 Å². The van der Waals surface area contributed by atoms with Gasteiger partial charge in [0.05, 0.1) is 0 Å². The molecule has 0 fully saturated rings. The van der Waals surface area contributed by atoms with Crippen LogP contribution in [-0.4, -0.2) is 0 Å². The maximum atomic E-state index is 13.0. The number of hydrogen-bond donors (Lipinski definition) is 1. The molecule has 0 amide bonds. The first-order chi connectivity index (χ1) is 6.06. The summed E-state index contributed by atoms with van der Waals surface area (Å²) in [6.07, 6.45) is 0.670. The maximum absolute atomic E-state index is 13.0.